The molecule has 0 spiro atoms. The fourth-order valence-corrected chi connectivity index (χ4v) is 2.27. The van der Waals surface area contributed by atoms with Gasteiger partial charge in [-0.3, -0.25) is 14.5 Å². The van der Waals surface area contributed by atoms with Crippen molar-refractivity contribution in [1.29, 1.82) is 0 Å². The monoisotopic (exact) mass is 374 g/mol. The number of ether oxygens (including phenoxy) is 2. The summed E-state index contributed by atoms with van der Waals surface area (Å²) < 4.78 is 10.5. The molecule has 0 fully saturated rings. The second kappa shape index (κ2) is 11.5. The molecule has 1 aromatic rings. The number of likely N-dealkylation sites (N-methyl/N-ethyl adjacent to an activating group) is 2. The van der Waals surface area contributed by atoms with Crippen LogP contribution in [0.1, 0.15) is 18.9 Å². The lowest BCUT2D eigenvalue weighted by molar-refractivity contribution is -0.138. The normalized spacial score (nSPS) is 10.1. The quantitative estimate of drug-likeness (QED) is 0.673. The first kappa shape index (κ1) is 23.0. The topological polar surface area (TPSA) is 79.3 Å². The molecule has 0 saturated heterocycles. The molecule has 0 aliphatic heterocycles. The maximum atomic E-state index is 12.4. The van der Waals surface area contributed by atoms with Crippen LogP contribution in [0, 0.1) is 0 Å². The summed E-state index contributed by atoms with van der Waals surface area (Å²) in [6.45, 7) is 3.47. The second-order valence-electron chi connectivity index (χ2n) is 5.48. The zero-order chi connectivity index (χ0) is 18.1. The fraction of sp³-hybridized carbons (Fsp3) is 0.529. The Bertz CT molecular complexity index is 568. The largest absolute Gasteiger partial charge is 0.493 e. The van der Waals surface area contributed by atoms with E-state index in [9.17, 15) is 9.59 Å². The third kappa shape index (κ3) is 7.62. The van der Waals surface area contributed by atoms with Crippen LogP contribution in [0.2, 0.25) is 0 Å². The van der Waals surface area contributed by atoms with Crippen molar-refractivity contribution < 1.29 is 24.2 Å². The van der Waals surface area contributed by atoms with Gasteiger partial charge in [0.25, 0.3) is 0 Å². The van der Waals surface area contributed by atoms with Gasteiger partial charge in [0.05, 0.1) is 27.2 Å². The van der Waals surface area contributed by atoms with Crippen molar-refractivity contribution in [2.24, 2.45) is 0 Å². The highest BCUT2D eigenvalue weighted by molar-refractivity contribution is 5.85. The van der Waals surface area contributed by atoms with E-state index in [1.807, 2.05) is 25.1 Å². The van der Waals surface area contributed by atoms with E-state index < -0.39 is 5.97 Å². The molecule has 0 aliphatic carbocycles. The lowest BCUT2D eigenvalue weighted by Crippen LogP contribution is -2.39. The van der Waals surface area contributed by atoms with Gasteiger partial charge in [0.1, 0.15) is 0 Å². The summed E-state index contributed by atoms with van der Waals surface area (Å²) in [5, 5.41) is 8.69. The Kier molecular flexibility index (Phi) is 10.6. The van der Waals surface area contributed by atoms with E-state index in [4.69, 9.17) is 14.6 Å². The van der Waals surface area contributed by atoms with Crippen LogP contribution < -0.4 is 9.47 Å². The van der Waals surface area contributed by atoms with E-state index in [1.54, 1.807) is 31.1 Å². The number of nitrogens with zero attached hydrogens (tertiary/aromatic N) is 2. The fourth-order valence-electron chi connectivity index (χ4n) is 2.27. The van der Waals surface area contributed by atoms with Crippen LogP contribution in [-0.2, 0) is 16.1 Å². The summed E-state index contributed by atoms with van der Waals surface area (Å²) in [6, 6.07) is 5.56. The number of hydrogen-bond acceptors (Lipinski definition) is 5. The van der Waals surface area contributed by atoms with E-state index in [0.717, 1.165) is 5.56 Å². The van der Waals surface area contributed by atoms with Crippen molar-refractivity contribution in [3.05, 3.63) is 23.8 Å². The number of methoxy groups -OCH3 is 2. The standard InChI is InChI=1S/C17H26N2O5.ClH/c1-5-19(16(20)12-18(2)9-8-17(21)22)11-13-6-7-14(23-3)15(10-13)24-4;/h6-7,10H,5,8-9,11-12H2,1-4H3,(H,21,22);1H. The predicted molar refractivity (Wildman–Crippen MR) is 97.6 cm³/mol. The first-order valence-corrected chi connectivity index (χ1v) is 7.80. The number of halogens is 1. The molecule has 1 rings (SSSR count). The minimum absolute atomic E-state index is 0. The molecule has 0 aromatic heterocycles. The van der Waals surface area contributed by atoms with E-state index in [-0.39, 0.29) is 31.3 Å². The van der Waals surface area contributed by atoms with Crippen LogP contribution in [0.3, 0.4) is 0 Å². The van der Waals surface area contributed by atoms with Gasteiger partial charge in [-0.1, -0.05) is 6.07 Å². The average molecular weight is 375 g/mol. The van der Waals surface area contributed by atoms with E-state index >= 15 is 0 Å². The van der Waals surface area contributed by atoms with Gasteiger partial charge in [0.15, 0.2) is 11.5 Å². The highest BCUT2D eigenvalue weighted by Gasteiger charge is 2.16. The lowest BCUT2D eigenvalue weighted by atomic mass is 10.2. The van der Waals surface area contributed by atoms with Crippen molar-refractivity contribution in [1.82, 2.24) is 9.80 Å². The Morgan fingerprint density at radius 1 is 1.16 bits per heavy atom. The lowest BCUT2D eigenvalue weighted by Gasteiger charge is -2.24. The van der Waals surface area contributed by atoms with Crippen molar-refractivity contribution in [3.63, 3.8) is 0 Å². The number of carboxylic acids is 1. The Morgan fingerprint density at radius 3 is 2.32 bits per heavy atom. The zero-order valence-electron chi connectivity index (χ0n) is 15.2. The van der Waals surface area contributed by atoms with E-state index in [0.29, 0.717) is 31.1 Å². The second-order valence-corrected chi connectivity index (χ2v) is 5.48. The highest BCUT2D eigenvalue weighted by atomic mass is 35.5. The number of aliphatic carboxylic acids is 1. The maximum absolute atomic E-state index is 12.4. The molecule has 0 radical (unpaired) electrons. The molecule has 0 bridgehead atoms. The molecule has 0 atom stereocenters. The zero-order valence-corrected chi connectivity index (χ0v) is 16.0. The van der Waals surface area contributed by atoms with Crippen LogP contribution in [0.5, 0.6) is 11.5 Å². The van der Waals surface area contributed by atoms with E-state index in [2.05, 4.69) is 0 Å². The number of benzene rings is 1. The molecule has 0 unspecified atom stereocenters. The first-order chi connectivity index (χ1) is 11.4. The summed E-state index contributed by atoms with van der Waals surface area (Å²) in [5.74, 6) is 0.355. The molecule has 0 heterocycles. The Balaban J connectivity index is 0.00000576. The average Bonchev–Trinajstić information content (AvgIpc) is 2.57. The third-order valence-electron chi connectivity index (χ3n) is 3.67. The minimum Gasteiger partial charge on any atom is -0.493 e. The highest BCUT2D eigenvalue weighted by Crippen LogP contribution is 2.28. The number of amides is 1. The number of rotatable bonds is 10. The maximum Gasteiger partial charge on any atom is 0.304 e. The Hall–Kier alpha value is -1.99. The van der Waals surface area contributed by atoms with Crippen LogP contribution in [0.25, 0.3) is 0 Å². The SMILES string of the molecule is CCN(Cc1ccc(OC)c(OC)c1)C(=O)CN(C)CCC(=O)O.Cl. The summed E-state index contributed by atoms with van der Waals surface area (Å²) in [4.78, 5) is 26.4. The van der Waals surface area contributed by atoms with Crippen molar-refractivity contribution >= 4 is 24.3 Å². The molecule has 7 nitrogen and oxygen atoms in total. The van der Waals surface area contributed by atoms with Crippen LogP contribution >= 0.6 is 12.4 Å². The molecule has 25 heavy (non-hydrogen) atoms. The molecule has 1 aromatic carbocycles. The van der Waals surface area contributed by atoms with Crippen LogP contribution in [0.4, 0.5) is 0 Å². The molecule has 0 aliphatic rings. The van der Waals surface area contributed by atoms with Crippen molar-refractivity contribution in [2.45, 2.75) is 19.9 Å². The van der Waals surface area contributed by atoms with Gasteiger partial charge < -0.3 is 19.5 Å². The van der Waals surface area contributed by atoms with Gasteiger partial charge in [-0.2, -0.15) is 0 Å². The van der Waals surface area contributed by atoms with Gasteiger partial charge >= 0.3 is 5.97 Å². The molecule has 1 amide bonds. The molecule has 142 valence electrons. The number of carbonyl (C=O) groups is 2. The molecule has 8 heteroatoms. The number of carboxylic acid groups (broad SMARTS) is 1. The summed E-state index contributed by atoms with van der Waals surface area (Å²) in [6.07, 6.45) is 0.0194. The van der Waals surface area contributed by atoms with Crippen LogP contribution in [0.15, 0.2) is 18.2 Å². The number of carbonyl (C=O) groups excluding carboxylic acids is 1. The molecule has 0 saturated carbocycles. The third-order valence-corrected chi connectivity index (χ3v) is 3.67. The smallest absolute Gasteiger partial charge is 0.304 e. The van der Waals surface area contributed by atoms with Gasteiger partial charge in [-0.15, -0.1) is 12.4 Å². The minimum atomic E-state index is -0.869. The Labute approximate surface area is 154 Å². The van der Waals surface area contributed by atoms with E-state index in [1.165, 1.54) is 0 Å². The predicted octanol–water partition coefficient (Wildman–Crippen LogP) is 1.88. The first-order valence-electron chi connectivity index (χ1n) is 7.80. The summed E-state index contributed by atoms with van der Waals surface area (Å²) in [7, 11) is 4.89. The molecular formula is C17H27ClN2O5. The Morgan fingerprint density at radius 2 is 1.80 bits per heavy atom. The van der Waals surface area contributed by atoms with Gasteiger partial charge in [0, 0.05) is 19.6 Å². The molecular weight excluding hydrogens is 348 g/mol. The van der Waals surface area contributed by atoms with Crippen LogP contribution in [-0.4, -0.2) is 67.7 Å². The van der Waals surface area contributed by atoms with Gasteiger partial charge in [0.2, 0.25) is 5.91 Å². The van der Waals surface area contributed by atoms with Gasteiger partial charge in [-0.25, -0.2) is 0 Å². The summed E-state index contributed by atoms with van der Waals surface area (Å²) >= 11 is 0. The van der Waals surface area contributed by atoms with Crippen molar-refractivity contribution in [2.75, 3.05) is 40.9 Å². The molecule has 1 N–H and O–H groups in total. The summed E-state index contributed by atoms with van der Waals surface area (Å²) in [5.41, 5.74) is 0.941. The number of hydrogen-bond donors (Lipinski definition) is 1. The van der Waals surface area contributed by atoms with Crippen molar-refractivity contribution in [3.8, 4) is 11.5 Å². The van der Waals surface area contributed by atoms with Gasteiger partial charge in [-0.05, 0) is 31.7 Å².